The lowest BCUT2D eigenvalue weighted by Crippen LogP contribution is -2.28. The van der Waals surface area contributed by atoms with Crippen molar-refractivity contribution >= 4 is 17.4 Å². The molecule has 4 heteroatoms. The van der Waals surface area contributed by atoms with Gasteiger partial charge in [0, 0.05) is 18.7 Å². The van der Waals surface area contributed by atoms with E-state index >= 15 is 0 Å². The minimum Gasteiger partial charge on any atom is -0.356 e. The maximum atomic E-state index is 6.28. The molecule has 0 amide bonds. The van der Waals surface area contributed by atoms with Gasteiger partial charge in [-0.2, -0.15) is 0 Å². The fraction of sp³-hybridized carbons (Fsp3) is 0.412. The van der Waals surface area contributed by atoms with E-state index in [9.17, 15) is 0 Å². The van der Waals surface area contributed by atoms with Gasteiger partial charge in [-0.3, -0.25) is 0 Å². The lowest BCUT2D eigenvalue weighted by atomic mass is 10.0. The molecule has 2 aromatic rings. The van der Waals surface area contributed by atoms with Crippen LogP contribution in [0.1, 0.15) is 30.0 Å². The Morgan fingerprint density at radius 2 is 1.76 bits per heavy atom. The van der Waals surface area contributed by atoms with E-state index in [0.29, 0.717) is 5.15 Å². The molecule has 0 bridgehead atoms. The predicted octanol–water partition coefficient (Wildman–Crippen LogP) is 3.69. The Morgan fingerprint density at radius 3 is 2.38 bits per heavy atom. The molecule has 110 valence electrons. The molecule has 1 aromatic carbocycles. The fourth-order valence-electron chi connectivity index (χ4n) is 3.00. The van der Waals surface area contributed by atoms with Gasteiger partial charge in [-0.25, -0.2) is 9.97 Å². The summed E-state index contributed by atoms with van der Waals surface area (Å²) in [5.74, 6) is 1.02. The van der Waals surface area contributed by atoms with Crippen LogP contribution in [0.3, 0.4) is 0 Å². The maximum Gasteiger partial charge on any atom is 0.137 e. The monoisotopic (exact) mass is 301 g/mol. The average molecular weight is 302 g/mol. The molecule has 0 fully saturated rings. The number of anilines is 1. The summed E-state index contributed by atoms with van der Waals surface area (Å²) in [5, 5.41) is 0.601. The third-order valence-corrected chi connectivity index (χ3v) is 4.42. The summed E-state index contributed by atoms with van der Waals surface area (Å²) in [7, 11) is 0. The molecular formula is C17H20ClN3. The van der Waals surface area contributed by atoms with Gasteiger partial charge in [0.05, 0.1) is 0 Å². The Labute approximate surface area is 131 Å². The van der Waals surface area contributed by atoms with E-state index in [1.165, 1.54) is 11.1 Å². The highest BCUT2D eigenvalue weighted by atomic mass is 35.5. The smallest absolute Gasteiger partial charge is 0.137 e. The van der Waals surface area contributed by atoms with Crippen molar-refractivity contribution in [2.75, 3.05) is 18.0 Å². The minimum absolute atomic E-state index is 0.601. The van der Waals surface area contributed by atoms with Crippen LogP contribution < -0.4 is 4.90 Å². The first-order valence-electron chi connectivity index (χ1n) is 7.60. The number of rotatable bonds is 3. The number of fused-ring (bicyclic) bond motifs is 1. The van der Waals surface area contributed by atoms with Gasteiger partial charge in [0.25, 0.3) is 0 Å². The summed E-state index contributed by atoms with van der Waals surface area (Å²) in [6, 6.07) is 8.72. The van der Waals surface area contributed by atoms with Gasteiger partial charge >= 0.3 is 0 Å². The fourth-order valence-corrected chi connectivity index (χ4v) is 3.22. The first-order valence-corrected chi connectivity index (χ1v) is 7.98. The van der Waals surface area contributed by atoms with E-state index in [-0.39, 0.29) is 0 Å². The van der Waals surface area contributed by atoms with Crippen molar-refractivity contribution < 1.29 is 0 Å². The zero-order valence-corrected chi connectivity index (χ0v) is 13.1. The van der Waals surface area contributed by atoms with E-state index in [1.54, 1.807) is 6.33 Å². The number of aromatic nitrogens is 2. The van der Waals surface area contributed by atoms with E-state index < -0.39 is 0 Å². The van der Waals surface area contributed by atoms with Crippen LogP contribution >= 0.6 is 11.6 Å². The Bertz CT molecular complexity index is 600. The number of hydrogen-bond acceptors (Lipinski definition) is 3. The van der Waals surface area contributed by atoms with E-state index in [2.05, 4.69) is 46.1 Å². The minimum atomic E-state index is 0.601. The normalized spacial score (nSPS) is 14.7. The summed E-state index contributed by atoms with van der Waals surface area (Å²) in [6.07, 6.45) is 5.67. The molecule has 0 atom stereocenters. The molecule has 21 heavy (non-hydrogen) atoms. The zero-order chi connectivity index (χ0) is 14.7. The number of halogens is 1. The second-order valence-corrected chi connectivity index (χ2v) is 5.83. The first kappa shape index (κ1) is 14.3. The third kappa shape index (κ3) is 3.03. The van der Waals surface area contributed by atoms with Crippen LogP contribution in [0, 0.1) is 0 Å². The van der Waals surface area contributed by atoms with Crippen molar-refractivity contribution in [3.63, 3.8) is 0 Å². The highest BCUT2D eigenvalue weighted by Crippen LogP contribution is 2.27. The molecule has 0 aliphatic carbocycles. The summed E-state index contributed by atoms with van der Waals surface area (Å²) < 4.78 is 0. The Balaban J connectivity index is 1.88. The highest BCUT2D eigenvalue weighted by Gasteiger charge is 2.19. The molecule has 0 unspecified atom stereocenters. The molecular weight excluding hydrogens is 282 g/mol. The molecule has 0 spiro atoms. The Morgan fingerprint density at radius 1 is 1.10 bits per heavy atom. The largest absolute Gasteiger partial charge is 0.356 e. The predicted molar refractivity (Wildman–Crippen MR) is 87.1 cm³/mol. The van der Waals surface area contributed by atoms with Crippen molar-refractivity contribution in [1.82, 2.24) is 9.97 Å². The van der Waals surface area contributed by atoms with E-state index in [1.807, 2.05) is 0 Å². The summed E-state index contributed by atoms with van der Waals surface area (Å²) in [6.45, 7) is 4.13. The topological polar surface area (TPSA) is 29.0 Å². The number of benzene rings is 1. The number of hydrogen-bond donors (Lipinski definition) is 0. The first-order chi connectivity index (χ1) is 10.3. The Hall–Kier alpha value is -1.61. The van der Waals surface area contributed by atoms with Crippen molar-refractivity contribution in [2.45, 2.75) is 32.6 Å². The van der Waals surface area contributed by atoms with Gasteiger partial charge in [0.1, 0.15) is 17.3 Å². The summed E-state index contributed by atoms with van der Waals surface area (Å²) >= 11 is 6.28. The van der Waals surface area contributed by atoms with Crippen LogP contribution in [-0.4, -0.2) is 23.1 Å². The van der Waals surface area contributed by atoms with Crippen LogP contribution in [0.5, 0.6) is 0 Å². The van der Waals surface area contributed by atoms with Crippen LogP contribution in [0.2, 0.25) is 5.15 Å². The van der Waals surface area contributed by atoms with Gasteiger partial charge in [-0.1, -0.05) is 49.2 Å². The maximum absolute atomic E-state index is 6.28. The van der Waals surface area contributed by atoms with E-state index in [0.717, 1.165) is 50.2 Å². The van der Waals surface area contributed by atoms with Crippen LogP contribution in [0.15, 0.2) is 30.6 Å². The third-order valence-electron chi connectivity index (χ3n) is 4.09. The van der Waals surface area contributed by atoms with Crippen LogP contribution in [-0.2, 0) is 19.3 Å². The molecule has 0 saturated heterocycles. The van der Waals surface area contributed by atoms with Gasteiger partial charge < -0.3 is 4.90 Å². The highest BCUT2D eigenvalue weighted by molar-refractivity contribution is 6.30. The van der Waals surface area contributed by atoms with Crippen molar-refractivity contribution in [3.8, 4) is 0 Å². The second kappa shape index (κ2) is 6.44. The van der Waals surface area contributed by atoms with Crippen LogP contribution in [0.4, 0.5) is 5.82 Å². The van der Waals surface area contributed by atoms with Crippen molar-refractivity contribution in [1.29, 1.82) is 0 Å². The SMILES string of the molecule is CCCc1c(Cl)ncnc1N1CCc2ccccc2CC1. The van der Waals surface area contributed by atoms with Gasteiger partial charge in [-0.15, -0.1) is 0 Å². The molecule has 3 nitrogen and oxygen atoms in total. The van der Waals surface area contributed by atoms with E-state index in [4.69, 9.17) is 11.6 Å². The molecule has 1 aromatic heterocycles. The molecule has 1 aliphatic rings. The standard InChI is InChI=1S/C17H20ClN3/c1-2-5-15-16(18)19-12-20-17(15)21-10-8-13-6-3-4-7-14(13)9-11-21/h3-4,6-7,12H,2,5,8-11H2,1H3. The quantitative estimate of drug-likeness (QED) is 0.810. The summed E-state index contributed by atoms with van der Waals surface area (Å²) in [5.41, 5.74) is 4.00. The average Bonchev–Trinajstić information content (AvgIpc) is 2.72. The van der Waals surface area contributed by atoms with Gasteiger partial charge in [-0.05, 0) is 30.4 Å². The zero-order valence-electron chi connectivity index (χ0n) is 12.3. The lowest BCUT2D eigenvalue weighted by molar-refractivity contribution is 0.771. The molecule has 3 rings (SSSR count). The van der Waals surface area contributed by atoms with Crippen molar-refractivity contribution in [2.24, 2.45) is 0 Å². The second-order valence-electron chi connectivity index (χ2n) is 5.47. The molecule has 0 N–H and O–H groups in total. The number of nitrogens with zero attached hydrogens (tertiary/aromatic N) is 3. The Kier molecular flexibility index (Phi) is 4.39. The molecule has 0 saturated carbocycles. The van der Waals surface area contributed by atoms with Crippen molar-refractivity contribution in [3.05, 3.63) is 52.4 Å². The van der Waals surface area contributed by atoms with Crippen LogP contribution in [0.25, 0.3) is 0 Å². The molecule has 1 aliphatic heterocycles. The van der Waals surface area contributed by atoms with Gasteiger partial charge in [0.2, 0.25) is 0 Å². The van der Waals surface area contributed by atoms with Gasteiger partial charge in [0.15, 0.2) is 0 Å². The lowest BCUT2D eigenvalue weighted by Gasteiger charge is -2.24. The molecule has 0 radical (unpaired) electrons. The summed E-state index contributed by atoms with van der Waals surface area (Å²) in [4.78, 5) is 11.0. The molecule has 2 heterocycles.